The van der Waals surface area contributed by atoms with Crippen LogP contribution in [0.2, 0.25) is 0 Å². The Balaban J connectivity index is 1.36. The van der Waals surface area contributed by atoms with Crippen molar-refractivity contribution in [3.8, 4) is 11.3 Å². The molecule has 4 N–H and O–H groups in total. The lowest BCUT2D eigenvalue weighted by molar-refractivity contribution is 0.244. The van der Waals surface area contributed by atoms with E-state index in [1.54, 1.807) is 12.1 Å². The van der Waals surface area contributed by atoms with Crippen LogP contribution in [0.1, 0.15) is 37.2 Å². The van der Waals surface area contributed by atoms with Crippen molar-refractivity contribution < 1.29 is 26.7 Å². The van der Waals surface area contributed by atoms with Gasteiger partial charge in [0, 0.05) is 18.0 Å². The molecule has 0 unspecified atom stereocenters. The highest BCUT2D eigenvalue weighted by Crippen LogP contribution is 2.48. The lowest BCUT2D eigenvalue weighted by atomic mass is 9.70. The van der Waals surface area contributed by atoms with Crippen LogP contribution in [0.15, 0.2) is 36.4 Å². The second kappa shape index (κ2) is 8.12. The molecule has 0 radical (unpaired) electrons. The fraction of sp³-hybridized carbons (Fsp3) is 0.391. The SMILES string of the molecule is O=S(=O)(NC[C@H]1C[C@H](c2c(-c3ccc(F)cc3)[nH]c3c(F)cc(F)cc32)C1)NC1(CO)CC1. The van der Waals surface area contributed by atoms with Gasteiger partial charge in [-0.15, -0.1) is 0 Å². The monoisotopic (exact) mass is 479 g/mol. The van der Waals surface area contributed by atoms with Crippen molar-refractivity contribution in [1.29, 1.82) is 0 Å². The van der Waals surface area contributed by atoms with Gasteiger partial charge in [-0.05, 0) is 79.0 Å². The minimum absolute atomic E-state index is 0.0327. The zero-order chi connectivity index (χ0) is 23.4. The van der Waals surface area contributed by atoms with Gasteiger partial charge in [-0.3, -0.25) is 0 Å². The summed E-state index contributed by atoms with van der Waals surface area (Å²) in [5.41, 5.74) is 1.48. The molecule has 2 fully saturated rings. The first-order valence-corrected chi connectivity index (χ1v) is 12.3. The summed E-state index contributed by atoms with van der Waals surface area (Å²) in [5, 5.41) is 9.76. The van der Waals surface area contributed by atoms with Gasteiger partial charge in [-0.25, -0.2) is 17.9 Å². The van der Waals surface area contributed by atoms with E-state index in [4.69, 9.17) is 0 Å². The molecule has 3 aromatic rings. The van der Waals surface area contributed by atoms with Crippen LogP contribution >= 0.6 is 0 Å². The maximum absolute atomic E-state index is 14.5. The number of H-pyrrole nitrogens is 1. The van der Waals surface area contributed by atoms with Crippen LogP contribution in [0.25, 0.3) is 22.2 Å². The lowest BCUT2D eigenvalue weighted by Crippen LogP contribution is -2.48. The third kappa shape index (κ3) is 4.40. The first kappa shape index (κ1) is 22.4. The van der Waals surface area contributed by atoms with Gasteiger partial charge >= 0.3 is 0 Å². The van der Waals surface area contributed by atoms with Gasteiger partial charge in [0.25, 0.3) is 10.2 Å². The predicted molar refractivity (Wildman–Crippen MR) is 118 cm³/mol. The fourth-order valence-electron chi connectivity index (χ4n) is 4.64. The van der Waals surface area contributed by atoms with E-state index in [1.807, 2.05) is 0 Å². The summed E-state index contributed by atoms with van der Waals surface area (Å²) in [6.45, 7) is -0.0104. The Labute approximate surface area is 189 Å². The number of aliphatic hydroxyl groups excluding tert-OH is 1. The molecule has 0 amide bonds. The van der Waals surface area contributed by atoms with E-state index in [-0.39, 0.29) is 30.5 Å². The standard InChI is InChI=1S/C23H24F3N3O3S/c24-16-3-1-14(2-4-16)21-20(18-9-17(25)10-19(26)22(18)28-21)15-7-13(8-15)11-27-33(31,32)29-23(12-30)5-6-23/h1-4,9-10,13,15,27-30H,5-8,11-12H2/t13-,15-. The molecule has 5 rings (SSSR count). The molecular formula is C23H24F3N3O3S. The summed E-state index contributed by atoms with van der Waals surface area (Å²) in [6, 6.07) is 7.91. The second-order valence-corrected chi connectivity index (χ2v) is 10.7. The topological polar surface area (TPSA) is 94.2 Å². The summed E-state index contributed by atoms with van der Waals surface area (Å²) in [5.74, 6) is -1.76. The van der Waals surface area contributed by atoms with Gasteiger partial charge in [-0.1, -0.05) is 0 Å². The molecule has 33 heavy (non-hydrogen) atoms. The molecule has 10 heteroatoms. The Morgan fingerprint density at radius 1 is 1.06 bits per heavy atom. The molecule has 2 aromatic carbocycles. The van der Waals surface area contributed by atoms with Crippen molar-refractivity contribution in [3.63, 3.8) is 0 Å². The first-order valence-electron chi connectivity index (χ1n) is 10.8. The summed E-state index contributed by atoms with van der Waals surface area (Å²) < 4.78 is 71.5. The Kier molecular flexibility index (Phi) is 5.51. The van der Waals surface area contributed by atoms with Crippen LogP contribution in [0, 0.1) is 23.4 Å². The molecule has 0 atom stereocenters. The quantitative estimate of drug-likeness (QED) is 0.397. The molecule has 1 aromatic heterocycles. The summed E-state index contributed by atoms with van der Waals surface area (Å²) in [6.07, 6.45) is 2.48. The van der Waals surface area contributed by atoms with Gasteiger partial charge in [0.2, 0.25) is 0 Å². The second-order valence-electron chi connectivity index (χ2n) is 9.16. The van der Waals surface area contributed by atoms with Crippen molar-refractivity contribution >= 4 is 21.1 Å². The molecule has 6 nitrogen and oxygen atoms in total. The summed E-state index contributed by atoms with van der Waals surface area (Å²) in [7, 11) is -3.73. The molecule has 0 spiro atoms. The van der Waals surface area contributed by atoms with E-state index < -0.39 is 33.2 Å². The highest BCUT2D eigenvalue weighted by atomic mass is 32.2. The maximum atomic E-state index is 14.5. The number of hydrogen-bond acceptors (Lipinski definition) is 3. The van der Waals surface area contributed by atoms with Crippen LogP contribution < -0.4 is 9.44 Å². The van der Waals surface area contributed by atoms with Crippen LogP contribution in [-0.4, -0.2) is 37.2 Å². The molecule has 0 bridgehead atoms. The highest BCUT2D eigenvalue weighted by Gasteiger charge is 2.45. The number of hydrogen-bond donors (Lipinski definition) is 4. The van der Waals surface area contributed by atoms with Crippen molar-refractivity contribution in [3.05, 3.63) is 59.4 Å². The third-order valence-electron chi connectivity index (χ3n) is 6.71. The van der Waals surface area contributed by atoms with E-state index in [1.165, 1.54) is 18.2 Å². The Hall–Kier alpha value is -2.40. The minimum atomic E-state index is -3.73. The van der Waals surface area contributed by atoms with Crippen molar-refractivity contribution in [2.75, 3.05) is 13.2 Å². The number of fused-ring (bicyclic) bond motifs is 1. The van der Waals surface area contributed by atoms with E-state index in [0.717, 1.165) is 11.6 Å². The van der Waals surface area contributed by atoms with E-state index in [0.29, 0.717) is 42.3 Å². The van der Waals surface area contributed by atoms with Gasteiger partial charge < -0.3 is 10.1 Å². The predicted octanol–water partition coefficient (Wildman–Crippen LogP) is 3.69. The molecule has 0 saturated heterocycles. The number of nitrogens with one attached hydrogen (secondary N) is 3. The van der Waals surface area contributed by atoms with Crippen LogP contribution in [0.4, 0.5) is 13.2 Å². The van der Waals surface area contributed by atoms with Gasteiger partial charge in [0.1, 0.15) is 17.5 Å². The largest absolute Gasteiger partial charge is 0.394 e. The minimum Gasteiger partial charge on any atom is -0.394 e. The van der Waals surface area contributed by atoms with Crippen LogP contribution in [0.3, 0.4) is 0 Å². The van der Waals surface area contributed by atoms with Crippen LogP contribution in [-0.2, 0) is 10.2 Å². The average molecular weight is 480 g/mol. The number of aromatic amines is 1. The van der Waals surface area contributed by atoms with Gasteiger partial charge in [0.15, 0.2) is 0 Å². The first-order chi connectivity index (χ1) is 15.7. The Bertz CT molecular complexity index is 1300. The smallest absolute Gasteiger partial charge is 0.277 e. The number of benzene rings is 2. The summed E-state index contributed by atoms with van der Waals surface area (Å²) in [4.78, 5) is 3.05. The lowest BCUT2D eigenvalue weighted by Gasteiger charge is -2.36. The average Bonchev–Trinajstić information content (AvgIpc) is 3.39. The van der Waals surface area contributed by atoms with E-state index in [2.05, 4.69) is 14.4 Å². The molecule has 2 saturated carbocycles. The number of aromatic nitrogens is 1. The van der Waals surface area contributed by atoms with Crippen molar-refractivity contribution in [2.45, 2.75) is 37.1 Å². The van der Waals surface area contributed by atoms with Crippen molar-refractivity contribution in [1.82, 2.24) is 14.4 Å². The van der Waals surface area contributed by atoms with Gasteiger partial charge in [0.05, 0.1) is 23.4 Å². The fourth-order valence-corrected chi connectivity index (χ4v) is 6.00. The molecular weight excluding hydrogens is 455 g/mol. The molecule has 2 aliphatic rings. The van der Waals surface area contributed by atoms with Crippen LogP contribution in [0.5, 0.6) is 0 Å². The number of aliphatic hydroxyl groups is 1. The Morgan fingerprint density at radius 2 is 1.76 bits per heavy atom. The summed E-state index contributed by atoms with van der Waals surface area (Å²) >= 11 is 0. The Morgan fingerprint density at radius 3 is 2.39 bits per heavy atom. The van der Waals surface area contributed by atoms with E-state index >= 15 is 0 Å². The van der Waals surface area contributed by atoms with Gasteiger partial charge in [-0.2, -0.15) is 13.1 Å². The highest BCUT2D eigenvalue weighted by molar-refractivity contribution is 7.87. The molecule has 0 aliphatic heterocycles. The van der Waals surface area contributed by atoms with Crippen molar-refractivity contribution in [2.24, 2.45) is 5.92 Å². The number of rotatable bonds is 8. The normalized spacial score (nSPS) is 21.8. The molecule has 2 aliphatic carbocycles. The molecule has 176 valence electrons. The maximum Gasteiger partial charge on any atom is 0.277 e. The molecule has 1 heterocycles. The third-order valence-corrected chi connectivity index (χ3v) is 7.96. The zero-order valence-corrected chi connectivity index (χ0v) is 18.5. The van der Waals surface area contributed by atoms with E-state index in [9.17, 15) is 26.7 Å². The number of halogens is 3. The zero-order valence-electron chi connectivity index (χ0n) is 17.7.